The number of carboxylic acid groups (broad SMARTS) is 1. The number of hydrogen-bond acceptors (Lipinski definition) is 3. The van der Waals surface area contributed by atoms with Crippen LogP contribution in [0.5, 0.6) is 11.5 Å². The molecule has 4 nitrogen and oxygen atoms in total. The Morgan fingerprint density at radius 2 is 2.00 bits per heavy atom. The van der Waals surface area contributed by atoms with Crippen LogP contribution in [0.15, 0.2) is 36.4 Å². The van der Waals surface area contributed by atoms with Crippen molar-refractivity contribution < 1.29 is 19.0 Å². The quantitative estimate of drug-likeness (QED) is 0.844. The number of nitrogens with two attached hydrogens (primary N) is 1. The van der Waals surface area contributed by atoms with E-state index in [0.29, 0.717) is 0 Å². The molecule has 0 radical (unpaired) electrons. The van der Waals surface area contributed by atoms with Crippen molar-refractivity contribution in [1.82, 2.24) is 0 Å². The Morgan fingerprint density at radius 1 is 1.26 bits per heavy atom. The van der Waals surface area contributed by atoms with Crippen molar-refractivity contribution in [2.45, 2.75) is 0 Å². The molecule has 19 heavy (non-hydrogen) atoms. The Morgan fingerprint density at radius 3 is 2.68 bits per heavy atom. The van der Waals surface area contributed by atoms with Gasteiger partial charge in [0.15, 0.2) is 5.75 Å². The van der Waals surface area contributed by atoms with Crippen molar-refractivity contribution in [1.29, 1.82) is 0 Å². The van der Waals surface area contributed by atoms with Gasteiger partial charge in [-0.1, -0.05) is 17.7 Å². The molecule has 0 heterocycles. The number of halogens is 2. The van der Waals surface area contributed by atoms with Crippen molar-refractivity contribution in [2.75, 3.05) is 5.73 Å². The van der Waals surface area contributed by atoms with Crippen LogP contribution in [0.2, 0.25) is 5.02 Å². The Bertz CT molecular complexity index is 646. The van der Waals surface area contributed by atoms with Crippen molar-refractivity contribution in [2.24, 2.45) is 0 Å². The first-order valence-electron chi connectivity index (χ1n) is 5.23. The molecule has 0 aliphatic heterocycles. The molecule has 0 saturated carbocycles. The lowest BCUT2D eigenvalue weighted by molar-refractivity contribution is 0.0696. The maximum atomic E-state index is 13.1. The van der Waals surface area contributed by atoms with E-state index in [0.717, 1.165) is 6.07 Å². The number of nitrogen functional groups attached to an aromatic ring is 1. The van der Waals surface area contributed by atoms with Gasteiger partial charge in [0.1, 0.15) is 11.6 Å². The molecule has 0 aromatic heterocycles. The van der Waals surface area contributed by atoms with E-state index in [1.165, 1.54) is 30.3 Å². The second-order valence-corrected chi connectivity index (χ2v) is 4.09. The van der Waals surface area contributed by atoms with Crippen molar-refractivity contribution in [3.63, 3.8) is 0 Å². The van der Waals surface area contributed by atoms with Crippen molar-refractivity contribution in [3.8, 4) is 11.5 Å². The monoisotopic (exact) mass is 281 g/mol. The van der Waals surface area contributed by atoms with Crippen LogP contribution < -0.4 is 10.5 Å². The van der Waals surface area contributed by atoms with Gasteiger partial charge in [-0.25, -0.2) is 9.18 Å². The van der Waals surface area contributed by atoms with Crippen LogP contribution in [0.25, 0.3) is 0 Å². The zero-order chi connectivity index (χ0) is 14.0. The highest BCUT2D eigenvalue weighted by Crippen LogP contribution is 2.34. The van der Waals surface area contributed by atoms with Gasteiger partial charge in [-0.05, 0) is 24.3 Å². The molecule has 3 N–H and O–H groups in total. The van der Waals surface area contributed by atoms with Gasteiger partial charge < -0.3 is 15.6 Å². The average molecular weight is 282 g/mol. The number of carboxylic acids is 1. The zero-order valence-corrected chi connectivity index (χ0v) is 10.3. The highest BCUT2D eigenvalue weighted by atomic mass is 35.5. The Kier molecular flexibility index (Phi) is 3.57. The summed E-state index contributed by atoms with van der Waals surface area (Å²) in [6, 6.07) is 7.92. The van der Waals surface area contributed by atoms with Crippen LogP contribution in [-0.2, 0) is 0 Å². The van der Waals surface area contributed by atoms with Crippen LogP contribution in [0, 0.1) is 5.82 Å². The van der Waals surface area contributed by atoms with E-state index in [2.05, 4.69) is 0 Å². The Hall–Kier alpha value is -2.27. The number of benzene rings is 2. The largest absolute Gasteiger partial charge is 0.478 e. The normalized spacial score (nSPS) is 10.2. The van der Waals surface area contributed by atoms with Gasteiger partial charge in [-0.3, -0.25) is 0 Å². The number of anilines is 1. The summed E-state index contributed by atoms with van der Waals surface area (Å²) in [4.78, 5) is 10.9. The molecule has 0 atom stereocenters. The minimum atomic E-state index is -1.18. The molecule has 98 valence electrons. The molecule has 0 aliphatic rings. The zero-order valence-electron chi connectivity index (χ0n) is 9.56. The second-order valence-electron chi connectivity index (χ2n) is 3.71. The number of ether oxygens (including phenoxy) is 1. The third-order valence-electron chi connectivity index (χ3n) is 2.39. The average Bonchev–Trinajstić information content (AvgIpc) is 2.36. The van der Waals surface area contributed by atoms with Gasteiger partial charge in [0, 0.05) is 6.07 Å². The third-order valence-corrected chi connectivity index (χ3v) is 2.78. The number of carbonyl (C=O) groups is 1. The molecule has 0 spiro atoms. The molecule has 6 heteroatoms. The lowest BCUT2D eigenvalue weighted by Gasteiger charge is -2.11. The van der Waals surface area contributed by atoms with Gasteiger partial charge >= 0.3 is 5.97 Å². The topological polar surface area (TPSA) is 72.5 Å². The predicted octanol–water partition coefficient (Wildman–Crippen LogP) is 3.55. The van der Waals surface area contributed by atoms with Gasteiger partial charge in [0.05, 0.1) is 16.3 Å². The highest BCUT2D eigenvalue weighted by molar-refractivity contribution is 6.35. The summed E-state index contributed by atoms with van der Waals surface area (Å²) < 4.78 is 18.4. The van der Waals surface area contributed by atoms with E-state index in [-0.39, 0.29) is 27.8 Å². The molecule has 0 bridgehead atoms. The summed E-state index contributed by atoms with van der Waals surface area (Å²) in [5, 5.41) is 8.86. The van der Waals surface area contributed by atoms with Crippen LogP contribution in [0.3, 0.4) is 0 Å². The number of aromatic carboxylic acids is 1. The SMILES string of the molecule is Nc1ccc(F)cc1Oc1cccc(C(=O)O)c1Cl. The summed E-state index contributed by atoms with van der Waals surface area (Å²) >= 11 is 5.91. The van der Waals surface area contributed by atoms with Crippen LogP contribution in [0.4, 0.5) is 10.1 Å². The summed E-state index contributed by atoms with van der Waals surface area (Å²) in [6.07, 6.45) is 0. The standard InChI is InChI=1S/C13H9ClFNO3/c14-12-8(13(17)18)2-1-3-10(12)19-11-6-7(15)4-5-9(11)16/h1-6H,16H2,(H,17,18). The summed E-state index contributed by atoms with van der Waals surface area (Å²) in [5.41, 5.74) is 5.75. The Balaban J connectivity index is 2.41. The smallest absolute Gasteiger partial charge is 0.337 e. The van der Waals surface area contributed by atoms with Crippen molar-refractivity contribution >= 4 is 23.3 Å². The molecule has 2 aromatic rings. The van der Waals surface area contributed by atoms with E-state index in [9.17, 15) is 9.18 Å². The molecule has 2 rings (SSSR count). The van der Waals surface area contributed by atoms with Crippen LogP contribution in [-0.4, -0.2) is 11.1 Å². The van der Waals surface area contributed by atoms with Gasteiger partial charge in [-0.15, -0.1) is 0 Å². The first-order chi connectivity index (χ1) is 8.99. The summed E-state index contributed by atoms with van der Waals surface area (Å²) in [5.74, 6) is -1.53. The van der Waals surface area contributed by atoms with Gasteiger partial charge in [0.2, 0.25) is 0 Å². The molecular formula is C13H9ClFNO3. The van der Waals surface area contributed by atoms with Crippen molar-refractivity contribution in [3.05, 3.63) is 52.8 Å². The highest BCUT2D eigenvalue weighted by Gasteiger charge is 2.14. The number of hydrogen-bond donors (Lipinski definition) is 2. The fourth-order valence-electron chi connectivity index (χ4n) is 1.47. The molecule has 0 unspecified atom stereocenters. The molecule has 0 fully saturated rings. The maximum Gasteiger partial charge on any atom is 0.337 e. The van der Waals surface area contributed by atoms with Crippen LogP contribution >= 0.6 is 11.6 Å². The molecule has 0 saturated heterocycles. The molecule has 0 aliphatic carbocycles. The first kappa shape index (κ1) is 13.2. The van der Waals surface area contributed by atoms with Gasteiger partial charge in [0.25, 0.3) is 0 Å². The molecule has 2 aromatic carbocycles. The second kappa shape index (κ2) is 5.16. The fourth-order valence-corrected chi connectivity index (χ4v) is 1.72. The summed E-state index contributed by atoms with van der Waals surface area (Å²) in [7, 11) is 0. The Labute approximate surface area is 113 Å². The van der Waals surface area contributed by atoms with E-state index < -0.39 is 11.8 Å². The minimum absolute atomic E-state index is 0.0707. The first-order valence-corrected chi connectivity index (χ1v) is 5.61. The predicted molar refractivity (Wildman–Crippen MR) is 69.3 cm³/mol. The summed E-state index contributed by atoms with van der Waals surface area (Å²) in [6.45, 7) is 0. The van der Waals surface area contributed by atoms with E-state index >= 15 is 0 Å². The number of rotatable bonds is 3. The lowest BCUT2D eigenvalue weighted by Crippen LogP contribution is -1.99. The lowest BCUT2D eigenvalue weighted by atomic mass is 10.2. The minimum Gasteiger partial charge on any atom is -0.478 e. The van der Waals surface area contributed by atoms with Crippen LogP contribution in [0.1, 0.15) is 10.4 Å². The molecular weight excluding hydrogens is 273 g/mol. The van der Waals surface area contributed by atoms with E-state index in [4.69, 9.17) is 27.2 Å². The fraction of sp³-hybridized carbons (Fsp3) is 0. The molecule has 0 amide bonds. The third kappa shape index (κ3) is 2.77. The van der Waals surface area contributed by atoms with E-state index in [1.807, 2.05) is 0 Å². The maximum absolute atomic E-state index is 13.1. The van der Waals surface area contributed by atoms with Gasteiger partial charge in [-0.2, -0.15) is 0 Å². The van der Waals surface area contributed by atoms with E-state index in [1.54, 1.807) is 0 Å².